The zero-order valence-electron chi connectivity index (χ0n) is 19.0. The molecule has 0 spiro atoms. The molecule has 1 amide bonds. The first kappa shape index (κ1) is 24.0. The van der Waals surface area contributed by atoms with Crippen LogP contribution in [0.5, 0.6) is 0 Å². The van der Waals surface area contributed by atoms with Crippen LogP contribution in [0.15, 0.2) is 54.0 Å². The van der Waals surface area contributed by atoms with Gasteiger partial charge in [-0.05, 0) is 62.0 Å². The number of amides is 1. The Morgan fingerprint density at radius 2 is 1.78 bits per heavy atom. The Hall–Kier alpha value is -2.68. The van der Waals surface area contributed by atoms with Gasteiger partial charge >= 0.3 is 13.2 Å². The van der Waals surface area contributed by atoms with Crippen LogP contribution >= 0.6 is 0 Å². The molecule has 0 aliphatic carbocycles. The van der Waals surface area contributed by atoms with Crippen LogP contribution < -0.4 is 11.1 Å². The molecule has 0 unspecified atom stereocenters. The summed E-state index contributed by atoms with van der Waals surface area (Å²) >= 11 is 0. The molecule has 1 fully saturated rings. The van der Waals surface area contributed by atoms with Gasteiger partial charge in [-0.15, -0.1) is 0 Å². The summed E-state index contributed by atoms with van der Waals surface area (Å²) in [7, 11) is -0.690. The summed E-state index contributed by atoms with van der Waals surface area (Å²) < 4.78 is 31.3. The molecule has 0 saturated carbocycles. The lowest BCUT2D eigenvalue weighted by Gasteiger charge is -2.32. The van der Waals surface area contributed by atoms with Crippen molar-refractivity contribution in [3.8, 4) is 0 Å². The first-order valence-corrected chi connectivity index (χ1v) is 10.6. The molecule has 32 heavy (non-hydrogen) atoms. The van der Waals surface area contributed by atoms with Crippen LogP contribution in [0.2, 0.25) is 0 Å². The van der Waals surface area contributed by atoms with Crippen molar-refractivity contribution in [2.75, 3.05) is 6.54 Å². The lowest BCUT2D eigenvalue weighted by molar-refractivity contribution is 0.00578. The fourth-order valence-corrected chi connectivity index (χ4v) is 3.24. The Morgan fingerprint density at radius 3 is 2.41 bits per heavy atom. The predicted molar refractivity (Wildman–Crippen MR) is 123 cm³/mol. The molecule has 0 bridgehead atoms. The lowest BCUT2D eigenvalue weighted by Crippen LogP contribution is -2.41. The molecule has 2 aromatic rings. The van der Waals surface area contributed by atoms with E-state index < -0.39 is 24.4 Å². The third-order valence-electron chi connectivity index (χ3n) is 5.87. The van der Waals surface area contributed by atoms with E-state index >= 15 is 0 Å². The quantitative estimate of drug-likeness (QED) is 0.630. The Balaban J connectivity index is 1.78. The minimum atomic E-state index is -0.690. The topological polar surface area (TPSA) is 82.8 Å². The van der Waals surface area contributed by atoms with Crippen molar-refractivity contribution in [2.45, 2.75) is 52.0 Å². The molecule has 3 N–H and O–H groups in total. The number of carbonyl (C=O) groups is 1. The Kier molecular flexibility index (Phi) is 7.38. The Morgan fingerprint density at radius 1 is 1.12 bits per heavy atom. The molecule has 1 aliphatic heterocycles. The van der Waals surface area contributed by atoms with Gasteiger partial charge in [-0.2, -0.15) is 0 Å². The van der Waals surface area contributed by atoms with E-state index in [0.717, 1.165) is 11.1 Å². The van der Waals surface area contributed by atoms with E-state index in [2.05, 4.69) is 5.32 Å². The number of halogens is 1. The van der Waals surface area contributed by atoms with Crippen LogP contribution in [0.3, 0.4) is 0 Å². The van der Waals surface area contributed by atoms with E-state index in [1.54, 1.807) is 6.07 Å². The molecule has 0 atom stereocenters. The SMILES string of the molecule is CC1(C)OB(C(=Cc2ccc(F)cc2CN)CNC(=O)OCc2ccccc2)OC1(C)C. The number of ether oxygens (including phenoxy) is 1. The molecule has 8 heteroatoms. The van der Waals surface area contributed by atoms with Gasteiger partial charge in [0.25, 0.3) is 0 Å². The van der Waals surface area contributed by atoms with E-state index in [0.29, 0.717) is 11.0 Å². The second kappa shape index (κ2) is 9.86. The molecular formula is C24H30BFN2O4. The average Bonchev–Trinajstić information content (AvgIpc) is 2.97. The molecule has 1 saturated heterocycles. The van der Waals surface area contributed by atoms with Crippen LogP contribution in [-0.2, 0) is 27.2 Å². The highest BCUT2D eigenvalue weighted by Gasteiger charge is 2.52. The van der Waals surface area contributed by atoms with Crippen molar-refractivity contribution >= 4 is 19.3 Å². The van der Waals surface area contributed by atoms with Gasteiger partial charge in [-0.1, -0.05) is 42.5 Å². The van der Waals surface area contributed by atoms with Gasteiger partial charge in [0.15, 0.2) is 0 Å². The molecule has 1 heterocycles. The number of benzene rings is 2. The third-order valence-corrected chi connectivity index (χ3v) is 5.87. The maximum Gasteiger partial charge on any atom is 0.492 e. The van der Waals surface area contributed by atoms with Gasteiger partial charge in [0, 0.05) is 13.1 Å². The van der Waals surface area contributed by atoms with E-state index in [9.17, 15) is 9.18 Å². The number of hydrogen-bond donors (Lipinski definition) is 2. The Labute approximate surface area is 189 Å². The summed E-state index contributed by atoms with van der Waals surface area (Å²) in [6.45, 7) is 8.28. The second-order valence-electron chi connectivity index (χ2n) is 8.77. The number of hydrogen-bond acceptors (Lipinski definition) is 5. The minimum absolute atomic E-state index is 0.131. The van der Waals surface area contributed by atoms with Crippen molar-refractivity contribution < 1.29 is 23.2 Å². The minimum Gasteiger partial charge on any atom is -0.445 e. The van der Waals surface area contributed by atoms with Gasteiger partial charge in [-0.25, -0.2) is 9.18 Å². The van der Waals surface area contributed by atoms with E-state index in [-0.39, 0.29) is 25.5 Å². The molecule has 0 aromatic heterocycles. The maximum atomic E-state index is 13.7. The first-order valence-electron chi connectivity index (χ1n) is 10.6. The van der Waals surface area contributed by atoms with Crippen molar-refractivity contribution in [1.29, 1.82) is 0 Å². The monoisotopic (exact) mass is 440 g/mol. The molecule has 2 aromatic carbocycles. The summed E-state index contributed by atoms with van der Waals surface area (Å²) in [6, 6.07) is 13.8. The van der Waals surface area contributed by atoms with Crippen LogP contribution in [0.25, 0.3) is 6.08 Å². The predicted octanol–water partition coefficient (Wildman–Crippen LogP) is 4.23. The summed E-state index contributed by atoms with van der Waals surface area (Å²) in [5.74, 6) is -0.359. The summed E-state index contributed by atoms with van der Waals surface area (Å²) in [5.41, 5.74) is 7.64. The van der Waals surface area contributed by atoms with Crippen molar-refractivity contribution in [3.63, 3.8) is 0 Å². The normalized spacial score (nSPS) is 17.3. The van der Waals surface area contributed by atoms with Gasteiger partial charge < -0.3 is 25.1 Å². The van der Waals surface area contributed by atoms with Crippen LogP contribution in [0.1, 0.15) is 44.4 Å². The fourth-order valence-electron chi connectivity index (χ4n) is 3.24. The van der Waals surface area contributed by atoms with Crippen LogP contribution in [0.4, 0.5) is 9.18 Å². The van der Waals surface area contributed by atoms with Gasteiger partial charge in [0.05, 0.1) is 11.2 Å². The van der Waals surface area contributed by atoms with Crippen molar-refractivity contribution in [2.24, 2.45) is 5.73 Å². The number of nitrogens with two attached hydrogens (primary N) is 1. The van der Waals surface area contributed by atoms with Crippen LogP contribution in [0, 0.1) is 5.82 Å². The number of nitrogens with one attached hydrogen (secondary N) is 1. The first-order chi connectivity index (χ1) is 15.1. The van der Waals surface area contributed by atoms with E-state index in [1.165, 1.54) is 12.1 Å². The molecule has 0 radical (unpaired) electrons. The summed E-state index contributed by atoms with van der Waals surface area (Å²) in [5, 5.41) is 2.76. The summed E-state index contributed by atoms with van der Waals surface area (Å²) in [4.78, 5) is 12.3. The van der Waals surface area contributed by atoms with Crippen LogP contribution in [-0.4, -0.2) is 31.0 Å². The molecule has 170 valence electrons. The van der Waals surface area contributed by atoms with E-state index in [1.807, 2.05) is 64.1 Å². The van der Waals surface area contributed by atoms with Gasteiger partial charge in [0.1, 0.15) is 12.4 Å². The second-order valence-corrected chi connectivity index (χ2v) is 8.77. The van der Waals surface area contributed by atoms with Crippen molar-refractivity contribution in [1.82, 2.24) is 5.32 Å². The van der Waals surface area contributed by atoms with Crippen molar-refractivity contribution in [3.05, 3.63) is 76.5 Å². The van der Waals surface area contributed by atoms with Gasteiger partial charge in [0.2, 0.25) is 0 Å². The zero-order valence-corrected chi connectivity index (χ0v) is 19.0. The highest BCUT2D eigenvalue weighted by molar-refractivity contribution is 6.56. The smallest absolute Gasteiger partial charge is 0.445 e. The summed E-state index contributed by atoms with van der Waals surface area (Å²) in [6.07, 6.45) is 1.26. The zero-order chi connectivity index (χ0) is 23.4. The number of alkyl carbamates (subject to hydrolysis) is 1. The maximum absolute atomic E-state index is 13.7. The number of carbonyl (C=O) groups excluding carboxylic acids is 1. The highest BCUT2D eigenvalue weighted by Crippen LogP contribution is 2.38. The van der Waals surface area contributed by atoms with Gasteiger partial charge in [-0.3, -0.25) is 0 Å². The molecule has 3 rings (SSSR count). The fraction of sp³-hybridized carbons (Fsp3) is 0.375. The standard InChI is InChI=1S/C24H30BFN2O4/c1-23(2)24(3,4)32-25(31-23)20(12-18-10-11-21(26)13-19(18)14-27)15-28-22(29)30-16-17-8-6-5-7-9-17/h5-13H,14-16,27H2,1-4H3,(H,28,29). The Bertz CT molecular complexity index is 963. The van der Waals surface area contributed by atoms with E-state index in [4.69, 9.17) is 19.8 Å². The molecule has 1 aliphatic rings. The molecular weight excluding hydrogens is 410 g/mol. The number of rotatable bonds is 7. The molecule has 6 nitrogen and oxygen atoms in total. The highest BCUT2D eigenvalue weighted by atomic mass is 19.1. The third kappa shape index (κ3) is 5.76. The largest absolute Gasteiger partial charge is 0.492 e. The average molecular weight is 440 g/mol. The lowest BCUT2D eigenvalue weighted by atomic mass is 9.76.